The van der Waals surface area contributed by atoms with E-state index in [9.17, 15) is 23.3 Å². The van der Waals surface area contributed by atoms with Crippen LogP contribution in [-0.2, 0) is 27.7 Å². The number of nitrogens with one attached hydrogen (secondary N) is 2. The quantitative estimate of drug-likeness (QED) is 0.644. The number of aryl methyl sites for hydroxylation is 1. The summed E-state index contributed by atoms with van der Waals surface area (Å²) in [4.78, 5) is 26.9. The molecule has 1 aromatic carbocycles. The molecular weight excluding hydrogens is 460 g/mol. The summed E-state index contributed by atoms with van der Waals surface area (Å²) in [6, 6.07) is 9.93. The van der Waals surface area contributed by atoms with Gasteiger partial charge in [0.05, 0.1) is 15.3 Å². The maximum atomic E-state index is 12.9. The third-order valence-electron chi connectivity index (χ3n) is 6.30. The zero-order chi connectivity index (χ0) is 23.6. The molecule has 2 N–H and O–H groups in total. The van der Waals surface area contributed by atoms with Crippen molar-refractivity contribution in [1.29, 1.82) is 5.26 Å². The summed E-state index contributed by atoms with van der Waals surface area (Å²) >= 11 is 1.48. The molecule has 1 fully saturated rings. The summed E-state index contributed by atoms with van der Waals surface area (Å²) in [5.74, 6) is -0.442. The highest BCUT2D eigenvalue weighted by atomic mass is 32.2. The average Bonchev–Trinajstić information content (AvgIpc) is 3.25. The van der Waals surface area contributed by atoms with Gasteiger partial charge in [0, 0.05) is 23.9 Å². The van der Waals surface area contributed by atoms with Crippen molar-refractivity contribution in [2.75, 3.05) is 13.1 Å². The van der Waals surface area contributed by atoms with Gasteiger partial charge in [-0.2, -0.15) is 9.57 Å². The van der Waals surface area contributed by atoms with Crippen molar-refractivity contribution in [2.45, 2.75) is 43.9 Å². The Bertz CT molecular complexity index is 1210. The Kier molecular flexibility index (Phi) is 6.83. The number of hydrogen-bond acceptors (Lipinski definition) is 6. The lowest BCUT2D eigenvalue weighted by Crippen LogP contribution is -2.48. The van der Waals surface area contributed by atoms with E-state index in [2.05, 4.69) is 17.8 Å². The number of carbonyl (C=O) groups excluding carboxylic acids is 2. The highest BCUT2D eigenvalue weighted by Crippen LogP contribution is 2.32. The fraction of sp³-hybridized carbons (Fsp3) is 0.435. The van der Waals surface area contributed by atoms with Crippen molar-refractivity contribution >= 4 is 33.2 Å². The predicted molar refractivity (Wildman–Crippen MR) is 124 cm³/mol. The van der Waals surface area contributed by atoms with Gasteiger partial charge in [0.2, 0.25) is 15.9 Å². The van der Waals surface area contributed by atoms with E-state index in [4.69, 9.17) is 0 Å². The van der Waals surface area contributed by atoms with Crippen LogP contribution in [0.2, 0.25) is 0 Å². The number of amides is 2. The van der Waals surface area contributed by atoms with E-state index < -0.39 is 15.9 Å². The van der Waals surface area contributed by atoms with Crippen molar-refractivity contribution in [2.24, 2.45) is 11.8 Å². The minimum atomic E-state index is -3.81. The molecule has 2 aromatic rings. The first-order valence-electron chi connectivity index (χ1n) is 11.0. The molecule has 8 nitrogen and oxygen atoms in total. The molecule has 4 rings (SSSR count). The van der Waals surface area contributed by atoms with Gasteiger partial charge in [0.1, 0.15) is 6.07 Å². The summed E-state index contributed by atoms with van der Waals surface area (Å²) in [6.45, 7) is 2.55. The molecule has 0 saturated carbocycles. The van der Waals surface area contributed by atoms with Gasteiger partial charge in [0.15, 0.2) is 0 Å². The van der Waals surface area contributed by atoms with Crippen LogP contribution in [0.5, 0.6) is 0 Å². The van der Waals surface area contributed by atoms with Crippen LogP contribution in [0.4, 0.5) is 0 Å². The lowest BCUT2D eigenvalue weighted by atomic mass is 9.90. The number of sulfonamides is 1. The fourth-order valence-electron chi connectivity index (χ4n) is 4.38. The smallest absolute Gasteiger partial charge is 0.273 e. The second-order valence-electron chi connectivity index (χ2n) is 8.64. The number of nitriles is 1. The number of thiophene rings is 1. The maximum absolute atomic E-state index is 12.9. The minimum absolute atomic E-state index is 0.0179. The van der Waals surface area contributed by atoms with Crippen LogP contribution < -0.4 is 10.9 Å². The number of piperidine rings is 1. The Morgan fingerprint density at radius 1 is 1.15 bits per heavy atom. The third kappa shape index (κ3) is 4.95. The summed E-state index contributed by atoms with van der Waals surface area (Å²) < 4.78 is 27.2. The molecule has 1 aliphatic heterocycles. The number of fused-ring (bicyclic) bond motifs is 1. The van der Waals surface area contributed by atoms with Crippen LogP contribution >= 0.6 is 11.3 Å². The maximum Gasteiger partial charge on any atom is 0.279 e. The van der Waals surface area contributed by atoms with Gasteiger partial charge in [-0.25, -0.2) is 8.42 Å². The van der Waals surface area contributed by atoms with Crippen molar-refractivity contribution < 1.29 is 18.0 Å². The summed E-state index contributed by atoms with van der Waals surface area (Å²) in [7, 11) is -3.81. The minimum Gasteiger partial charge on any atom is -0.273 e. The van der Waals surface area contributed by atoms with Crippen molar-refractivity contribution in [3.05, 3.63) is 51.2 Å². The molecule has 1 aromatic heterocycles. The molecule has 2 aliphatic rings. The van der Waals surface area contributed by atoms with Crippen LogP contribution in [0, 0.1) is 23.2 Å². The summed E-state index contributed by atoms with van der Waals surface area (Å²) in [5.41, 5.74) is 6.33. The molecule has 174 valence electrons. The molecule has 0 spiro atoms. The molecule has 0 bridgehead atoms. The number of hydrazine groups is 1. The van der Waals surface area contributed by atoms with E-state index >= 15 is 0 Å². The van der Waals surface area contributed by atoms with Crippen LogP contribution in [0.15, 0.2) is 35.2 Å². The first-order valence-corrected chi connectivity index (χ1v) is 13.3. The second-order valence-corrected chi connectivity index (χ2v) is 11.7. The average molecular weight is 487 g/mol. The van der Waals surface area contributed by atoms with Gasteiger partial charge in [-0.15, -0.1) is 11.3 Å². The topological polar surface area (TPSA) is 119 Å². The Balaban J connectivity index is 1.31. The van der Waals surface area contributed by atoms with E-state index in [0.717, 1.165) is 19.3 Å². The predicted octanol–water partition coefficient (Wildman–Crippen LogP) is 2.61. The molecule has 1 atom stereocenters. The Labute approximate surface area is 197 Å². The summed E-state index contributed by atoms with van der Waals surface area (Å²) in [5, 5.41) is 9.22. The second kappa shape index (κ2) is 9.63. The SMILES string of the molecule is CC1CCc2sc(C(=O)NNC(=O)C3CCN(S(=O)(=O)c4ccccc4C#N)CC3)cc2C1. The highest BCUT2D eigenvalue weighted by molar-refractivity contribution is 7.89. The van der Waals surface area contributed by atoms with Crippen LogP contribution in [0.1, 0.15) is 51.9 Å². The van der Waals surface area contributed by atoms with E-state index in [0.29, 0.717) is 23.6 Å². The zero-order valence-electron chi connectivity index (χ0n) is 18.3. The lowest BCUT2D eigenvalue weighted by Gasteiger charge is -2.30. The van der Waals surface area contributed by atoms with Gasteiger partial charge in [-0.05, 0) is 61.8 Å². The van der Waals surface area contributed by atoms with E-state index in [1.165, 1.54) is 38.2 Å². The zero-order valence-corrected chi connectivity index (χ0v) is 20.0. The molecule has 1 saturated heterocycles. The van der Waals surface area contributed by atoms with Crippen LogP contribution in [-0.4, -0.2) is 37.6 Å². The first-order chi connectivity index (χ1) is 15.8. The Hall–Kier alpha value is -2.74. The fourth-order valence-corrected chi connectivity index (χ4v) is 7.10. The molecule has 10 heteroatoms. The van der Waals surface area contributed by atoms with Gasteiger partial charge >= 0.3 is 0 Å². The lowest BCUT2D eigenvalue weighted by molar-refractivity contribution is -0.126. The third-order valence-corrected chi connectivity index (χ3v) is 9.49. The number of carbonyl (C=O) groups is 2. The van der Waals surface area contributed by atoms with Gasteiger partial charge in [-0.1, -0.05) is 19.1 Å². The molecule has 33 heavy (non-hydrogen) atoms. The van der Waals surface area contributed by atoms with Gasteiger partial charge in [-0.3, -0.25) is 20.4 Å². The Morgan fingerprint density at radius 3 is 2.61 bits per heavy atom. The molecular formula is C23H26N4O4S2. The molecule has 1 aliphatic carbocycles. The standard InChI is InChI=1S/C23H26N4O4S2/c1-15-6-7-19-18(12-15)13-20(32-19)23(29)26-25-22(28)16-8-10-27(11-9-16)33(30,31)21-5-3-2-4-17(21)14-24/h2-5,13,15-16H,6-12H2,1H3,(H,25,28)(H,26,29). The molecule has 0 radical (unpaired) electrons. The molecule has 2 heterocycles. The number of nitrogens with zero attached hydrogens (tertiary/aromatic N) is 2. The van der Waals surface area contributed by atoms with Crippen LogP contribution in [0.25, 0.3) is 0 Å². The van der Waals surface area contributed by atoms with Crippen LogP contribution in [0.3, 0.4) is 0 Å². The monoisotopic (exact) mass is 486 g/mol. The van der Waals surface area contributed by atoms with E-state index in [1.54, 1.807) is 12.1 Å². The van der Waals surface area contributed by atoms with Crippen molar-refractivity contribution in [1.82, 2.24) is 15.2 Å². The van der Waals surface area contributed by atoms with E-state index in [-0.39, 0.29) is 35.4 Å². The number of hydrogen-bond donors (Lipinski definition) is 2. The van der Waals surface area contributed by atoms with Gasteiger partial charge in [0.25, 0.3) is 5.91 Å². The molecule has 1 unspecified atom stereocenters. The summed E-state index contributed by atoms with van der Waals surface area (Å²) in [6.07, 6.45) is 3.76. The van der Waals surface area contributed by atoms with Crippen molar-refractivity contribution in [3.63, 3.8) is 0 Å². The Morgan fingerprint density at radius 2 is 1.88 bits per heavy atom. The highest BCUT2D eigenvalue weighted by Gasteiger charge is 2.33. The normalized spacial score (nSPS) is 19.3. The van der Waals surface area contributed by atoms with E-state index in [1.807, 2.05) is 12.1 Å². The first kappa shape index (κ1) is 23.4. The number of rotatable bonds is 4. The van der Waals surface area contributed by atoms with Crippen molar-refractivity contribution in [3.8, 4) is 6.07 Å². The largest absolute Gasteiger partial charge is 0.279 e. The number of benzene rings is 1. The van der Waals surface area contributed by atoms with Gasteiger partial charge < -0.3 is 0 Å². The molecule has 2 amide bonds.